The minimum absolute atomic E-state index is 1.03. The summed E-state index contributed by atoms with van der Waals surface area (Å²) in [6.07, 6.45) is 8.76. The van der Waals surface area contributed by atoms with Crippen LogP contribution >= 0.6 is 23.5 Å². The summed E-state index contributed by atoms with van der Waals surface area (Å²) in [4.78, 5) is 20.7. The zero-order chi connectivity index (χ0) is 19.4. The van der Waals surface area contributed by atoms with Gasteiger partial charge in [0.25, 0.3) is 0 Å². The average Bonchev–Trinajstić information content (AvgIpc) is 3.10. The molecule has 2 N–H and O–H groups in total. The topological polar surface area (TPSA) is 104 Å². The van der Waals surface area contributed by atoms with E-state index in [1.807, 2.05) is 11.8 Å². The molecule has 0 amide bonds. The van der Waals surface area contributed by atoms with E-state index in [1.165, 1.54) is 55.3 Å². The van der Waals surface area contributed by atoms with E-state index in [2.05, 4.69) is 33.6 Å². The van der Waals surface area contributed by atoms with Crippen molar-refractivity contribution >= 4 is 41.0 Å². The van der Waals surface area contributed by atoms with Crippen LogP contribution in [0.15, 0.2) is 11.1 Å². The molecule has 0 spiro atoms. The molecule has 0 radical (unpaired) electrons. The van der Waals surface area contributed by atoms with Crippen molar-refractivity contribution in [1.82, 2.24) is 13.6 Å². The number of likely N-dealkylation sites (N-methyl/N-ethyl adjacent to an activating group) is 1. The predicted molar refractivity (Wildman–Crippen MR) is 105 cm³/mol. The Hall–Kier alpha value is -1.45. The molecule has 1 aromatic rings. The maximum atomic E-state index is 9.10. The Morgan fingerprint density at radius 3 is 2.54 bits per heavy atom. The van der Waals surface area contributed by atoms with Crippen LogP contribution in [0.4, 0.5) is 0 Å². The second-order valence-electron chi connectivity index (χ2n) is 5.82. The van der Waals surface area contributed by atoms with E-state index >= 15 is 0 Å². The lowest BCUT2D eigenvalue weighted by Gasteiger charge is -2.25. The molecule has 146 valence electrons. The fourth-order valence-corrected chi connectivity index (χ4v) is 4.13. The minimum atomic E-state index is -1.82. The molecule has 1 aliphatic rings. The number of carboxylic acids is 2. The van der Waals surface area contributed by atoms with E-state index in [-0.39, 0.29) is 0 Å². The van der Waals surface area contributed by atoms with Gasteiger partial charge in [0.2, 0.25) is 0 Å². The molecular formula is C17H27N3O4S2. The monoisotopic (exact) mass is 401 g/mol. The number of hydrogen-bond acceptors (Lipinski definition) is 7. The molecule has 0 aromatic carbocycles. The van der Waals surface area contributed by atoms with Gasteiger partial charge in [0.15, 0.2) is 0 Å². The number of nitrogens with zero attached hydrogens (tertiary/aromatic N) is 3. The quantitative estimate of drug-likeness (QED) is 0.388. The van der Waals surface area contributed by atoms with E-state index in [1.54, 1.807) is 0 Å². The van der Waals surface area contributed by atoms with Crippen LogP contribution in [-0.4, -0.2) is 61.2 Å². The molecule has 0 unspecified atom stereocenters. The van der Waals surface area contributed by atoms with E-state index < -0.39 is 11.9 Å². The first kappa shape index (κ1) is 22.6. The smallest absolute Gasteiger partial charge is 0.414 e. The maximum Gasteiger partial charge on any atom is 0.414 e. The molecule has 0 saturated carbocycles. The summed E-state index contributed by atoms with van der Waals surface area (Å²) in [5.41, 5.74) is 2.52. The summed E-state index contributed by atoms with van der Waals surface area (Å²) in [6, 6.07) is 0. The Kier molecular flexibility index (Phi) is 11.1. The fraction of sp³-hybridized carbons (Fsp3) is 0.647. The van der Waals surface area contributed by atoms with Gasteiger partial charge < -0.3 is 10.2 Å². The van der Waals surface area contributed by atoms with Crippen LogP contribution in [0.5, 0.6) is 0 Å². The van der Waals surface area contributed by atoms with Crippen molar-refractivity contribution in [2.45, 2.75) is 51.0 Å². The van der Waals surface area contributed by atoms with Gasteiger partial charge in [0, 0.05) is 13.1 Å². The highest BCUT2D eigenvalue weighted by Gasteiger charge is 2.18. The molecule has 7 nitrogen and oxygen atoms in total. The van der Waals surface area contributed by atoms with E-state index in [0.29, 0.717) is 0 Å². The Morgan fingerprint density at radius 1 is 1.19 bits per heavy atom. The molecule has 0 saturated heterocycles. The van der Waals surface area contributed by atoms with Crippen molar-refractivity contribution in [2.24, 2.45) is 0 Å². The molecule has 2 heterocycles. The molecule has 26 heavy (non-hydrogen) atoms. The van der Waals surface area contributed by atoms with Crippen molar-refractivity contribution in [3.63, 3.8) is 0 Å². The maximum absolute atomic E-state index is 9.10. The van der Waals surface area contributed by atoms with E-state index in [0.717, 1.165) is 30.2 Å². The third-order valence-corrected chi connectivity index (χ3v) is 5.55. The van der Waals surface area contributed by atoms with Crippen LogP contribution in [0.3, 0.4) is 0 Å². The van der Waals surface area contributed by atoms with Gasteiger partial charge >= 0.3 is 11.9 Å². The van der Waals surface area contributed by atoms with Crippen molar-refractivity contribution in [1.29, 1.82) is 0 Å². The highest BCUT2D eigenvalue weighted by Crippen LogP contribution is 2.29. The highest BCUT2D eigenvalue weighted by molar-refractivity contribution is 7.99. The summed E-state index contributed by atoms with van der Waals surface area (Å²) >= 11 is 3.24. The summed E-state index contributed by atoms with van der Waals surface area (Å²) in [5, 5.41) is 15.9. The molecule has 0 aliphatic carbocycles. The number of hydrogen-bond donors (Lipinski definition) is 2. The lowest BCUT2D eigenvalue weighted by molar-refractivity contribution is -0.159. The molecule has 1 aliphatic heterocycles. The SMILES string of the molecule is CCCCCCSc1nsnc1C1=CCCN(CC)C1.O=C(O)C(=O)O. The largest absolute Gasteiger partial charge is 0.473 e. The third-order valence-electron chi connectivity index (χ3n) is 3.86. The third kappa shape index (κ3) is 8.29. The summed E-state index contributed by atoms with van der Waals surface area (Å²) in [6.45, 7) is 7.81. The number of carbonyl (C=O) groups is 2. The second-order valence-corrected chi connectivity index (χ2v) is 7.44. The minimum Gasteiger partial charge on any atom is -0.473 e. The zero-order valence-electron chi connectivity index (χ0n) is 15.3. The van der Waals surface area contributed by atoms with Crippen LogP contribution in [0.1, 0.15) is 51.6 Å². The lowest BCUT2D eigenvalue weighted by atomic mass is 10.1. The van der Waals surface area contributed by atoms with Crippen LogP contribution in [0.2, 0.25) is 0 Å². The van der Waals surface area contributed by atoms with Crippen LogP contribution in [-0.2, 0) is 9.59 Å². The van der Waals surface area contributed by atoms with Gasteiger partial charge in [0.05, 0.1) is 11.7 Å². The van der Waals surface area contributed by atoms with Gasteiger partial charge in [-0.15, -0.1) is 11.8 Å². The highest BCUT2D eigenvalue weighted by atomic mass is 32.2. The van der Waals surface area contributed by atoms with Crippen LogP contribution < -0.4 is 0 Å². The molecular weight excluding hydrogens is 374 g/mol. The Balaban J connectivity index is 0.000000487. The Labute approximate surface area is 162 Å². The number of unbranched alkanes of at least 4 members (excludes halogenated alkanes) is 3. The molecule has 0 bridgehead atoms. The summed E-state index contributed by atoms with van der Waals surface area (Å²) in [7, 11) is 0. The molecule has 0 fully saturated rings. The number of aliphatic carboxylic acids is 2. The van der Waals surface area contributed by atoms with Gasteiger partial charge in [-0.2, -0.15) is 8.75 Å². The van der Waals surface area contributed by atoms with E-state index in [4.69, 9.17) is 19.8 Å². The van der Waals surface area contributed by atoms with Crippen molar-refractivity contribution in [2.75, 3.05) is 25.4 Å². The van der Waals surface area contributed by atoms with Crippen molar-refractivity contribution < 1.29 is 19.8 Å². The molecule has 0 atom stereocenters. The number of aromatic nitrogens is 2. The van der Waals surface area contributed by atoms with Crippen molar-refractivity contribution in [3.8, 4) is 0 Å². The zero-order valence-corrected chi connectivity index (χ0v) is 16.9. The predicted octanol–water partition coefficient (Wildman–Crippen LogP) is 3.48. The Bertz CT molecular complexity index is 593. The average molecular weight is 402 g/mol. The van der Waals surface area contributed by atoms with Gasteiger partial charge in [-0.1, -0.05) is 39.2 Å². The van der Waals surface area contributed by atoms with Gasteiger partial charge in [-0.25, -0.2) is 9.59 Å². The summed E-state index contributed by atoms with van der Waals surface area (Å²) < 4.78 is 9.03. The first-order valence-corrected chi connectivity index (χ1v) is 10.5. The first-order chi connectivity index (χ1) is 12.5. The van der Waals surface area contributed by atoms with Gasteiger partial charge in [-0.3, -0.25) is 4.90 Å². The standard InChI is InChI=1S/C15H25N3S2.C2H2O4/c1-3-5-6-7-11-19-15-14(16-20-17-15)13-9-8-10-18(4-2)12-13;3-1(4)2(5)6/h9H,3-8,10-12H2,1-2H3;(H,3,4)(H,5,6). The molecule has 2 rings (SSSR count). The second kappa shape index (κ2) is 12.8. The first-order valence-electron chi connectivity index (χ1n) is 8.82. The number of thioether (sulfide) groups is 1. The fourth-order valence-electron chi connectivity index (χ4n) is 2.42. The molecule has 1 aromatic heterocycles. The summed E-state index contributed by atoms with van der Waals surface area (Å²) in [5.74, 6) is -2.48. The van der Waals surface area contributed by atoms with Crippen LogP contribution in [0.25, 0.3) is 5.57 Å². The van der Waals surface area contributed by atoms with Crippen LogP contribution in [0, 0.1) is 0 Å². The number of rotatable bonds is 8. The normalized spacial score (nSPS) is 14.3. The van der Waals surface area contributed by atoms with Gasteiger partial charge in [0.1, 0.15) is 10.7 Å². The number of carboxylic acid groups (broad SMARTS) is 2. The van der Waals surface area contributed by atoms with Crippen molar-refractivity contribution in [3.05, 3.63) is 11.8 Å². The van der Waals surface area contributed by atoms with E-state index in [9.17, 15) is 0 Å². The van der Waals surface area contributed by atoms with Gasteiger partial charge in [-0.05, 0) is 30.7 Å². The lowest BCUT2D eigenvalue weighted by Crippen LogP contribution is -2.29. The Morgan fingerprint density at radius 2 is 1.92 bits per heavy atom. The molecule has 9 heteroatoms.